The quantitative estimate of drug-likeness (QED) is 0.594. The van der Waals surface area contributed by atoms with E-state index in [0.717, 1.165) is 16.2 Å². The molecule has 0 saturated carbocycles. The van der Waals surface area contributed by atoms with E-state index in [9.17, 15) is 4.79 Å². The lowest BCUT2D eigenvalue weighted by Crippen LogP contribution is -2.13. The van der Waals surface area contributed by atoms with Crippen molar-refractivity contribution < 1.29 is 4.79 Å². The van der Waals surface area contributed by atoms with Crippen LogP contribution in [0.1, 0.15) is 10.4 Å². The molecule has 4 aromatic rings. The summed E-state index contributed by atoms with van der Waals surface area (Å²) in [6.45, 7) is 0. The predicted octanol–water partition coefficient (Wildman–Crippen LogP) is 4.36. The molecule has 4 rings (SSSR count). The van der Waals surface area contributed by atoms with E-state index < -0.39 is 0 Å². The number of thiazole rings is 1. The van der Waals surface area contributed by atoms with Gasteiger partial charge in [0.05, 0.1) is 5.69 Å². The van der Waals surface area contributed by atoms with Crippen molar-refractivity contribution in [2.75, 3.05) is 5.32 Å². The van der Waals surface area contributed by atoms with Crippen LogP contribution in [0.4, 0.5) is 5.95 Å². The van der Waals surface area contributed by atoms with Crippen molar-refractivity contribution in [3.05, 3.63) is 70.6 Å². The van der Waals surface area contributed by atoms with Crippen LogP contribution >= 0.6 is 22.9 Å². The summed E-state index contributed by atoms with van der Waals surface area (Å²) in [4.78, 5) is 17.3. The molecule has 0 bridgehead atoms. The van der Waals surface area contributed by atoms with Gasteiger partial charge in [-0.1, -0.05) is 41.9 Å². The van der Waals surface area contributed by atoms with Gasteiger partial charge < -0.3 is 0 Å². The third-order valence-electron chi connectivity index (χ3n) is 3.48. The Balaban J connectivity index is 1.63. The van der Waals surface area contributed by atoms with E-state index >= 15 is 0 Å². The van der Waals surface area contributed by atoms with Gasteiger partial charge in [-0.15, -0.1) is 16.4 Å². The fourth-order valence-corrected chi connectivity index (χ4v) is 3.27. The molecule has 1 amide bonds. The highest BCUT2D eigenvalue weighted by Crippen LogP contribution is 2.25. The second-order valence-electron chi connectivity index (χ2n) is 5.08. The zero-order chi connectivity index (χ0) is 16.5. The van der Waals surface area contributed by atoms with E-state index in [1.165, 1.54) is 11.3 Å². The molecule has 118 valence electrons. The van der Waals surface area contributed by atoms with Crippen molar-refractivity contribution in [3.8, 4) is 11.3 Å². The zero-order valence-electron chi connectivity index (χ0n) is 12.3. The van der Waals surface area contributed by atoms with Gasteiger partial charge in [0.15, 0.2) is 0 Å². The molecule has 5 nitrogen and oxygen atoms in total. The molecule has 0 radical (unpaired) electrons. The number of nitrogens with zero attached hydrogens (tertiary/aromatic N) is 3. The first-order valence-electron chi connectivity index (χ1n) is 7.17. The lowest BCUT2D eigenvalue weighted by Gasteiger charge is -2.01. The standard InChI is InChI=1S/C17H11ClN4OS/c18-13-8-6-12(7-9-13)15(23)19-16-20-17-22(21-16)14(10-24-17)11-4-2-1-3-5-11/h1-10H,(H,19,21,23). The Bertz CT molecular complexity index is 1010. The number of carbonyl (C=O) groups is 1. The number of rotatable bonds is 3. The average molecular weight is 355 g/mol. The Labute approximate surface area is 146 Å². The zero-order valence-corrected chi connectivity index (χ0v) is 13.9. The molecular weight excluding hydrogens is 344 g/mol. The van der Waals surface area contributed by atoms with Gasteiger partial charge in [0.1, 0.15) is 0 Å². The highest BCUT2D eigenvalue weighted by molar-refractivity contribution is 7.15. The average Bonchev–Trinajstić information content (AvgIpc) is 3.16. The number of hydrogen-bond acceptors (Lipinski definition) is 4. The first-order chi connectivity index (χ1) is 11.7. The highest BCUT2D eigenvalue weighted by atomic mass is 35.5. The van der Waals surface area contributed by atoms with E-state index in [1.807, 2.05) is 35.7 Å². The third kappa shape index (κ3) is 2.77. The van der Waals surface area contributed by atoms with Gasteiger partial charge in [0.2, 0.25) is 4.96 Å². The fraction of sp³-hybridized carbons (Fsp3) is 0. The number of benzene rings is 2. The van der Waals surface area contributed by atoms with Crippen molar-refractivity contribution in [1.82, 2.24) is 14.6 Å². The van der Waals surface area contributed by atoms with Crippen LogP contribution < -0.4 is 5.32 Å². The largest absolute Gasteiger partial charge is 0.289 e. The molecule has 0 saturated heterocycles. The number of hydrogen-bond donors (Lipinski definition) is 1. The van der Waals surface area contributed by atoms with Crippen LogP contribution in [0.5, 0.6) is 0 Å². The molecule has 7 heteroatoms. The van der Waals surface area contributed by atoms with E-state index in [0.29, 0.717) is 10.6 Å². The number of anilines is 1. The number of carbonyl (C=O) groups excluding carboxylic acids is 1. The SMILES string of the molecule is O=C(Nc1nc2scc(-c3ccccc3)n2n1)c1ccc(Cl)cc1. The Morgan fingerprint density at radius 3 is 2.58 bits per heavy atom. The molecule has 1 N–H and O–H groups in total. The van der Waals surface area contributed by atoms with E-state index in [2.05, 4.69) is 15.4 Å². The minimum Gasteiger partial charge on any atom is -0.289 e. The Hall–Kier alpha value is -2.70. The molecule has 0 aliphatic heterocycles. The molecule has 2 aromatic carbocycles. The molecule has 0 unspecified atom stereocenters. The summed E-state index contributed by atoms with van der Waals surface area (Å²) in [7, 11) is 0. The number of nitrogens with one attached hydrogen (secondary N) is 1. The first-order valence-corrected chi connectivity index (χ1v) is 8.43. The number of fused-ring (bicyclic) bond motifs is 1. The molecule has 0 fully saturated rings. The van der Waals surface area contributed by atoms with Crippen LogP contribution in [0.25, 0.3) is 16.2 Å². The van der Waals surface area contributed by atoms with Crippen LogP contribution in [-0.2, 0) is 0 Å². The van der Waals surface area contributed by atoms with Crippen LogP contribution in [-0.4, -0.2) is 20.5 Å². The van der Waals surface area contributed by atoms with Crippen molar-refractivity contribution in [2.45, 2.75) is 0 Å². The molecule has 2 aromatic heterocycles. The smallest absolute Gasteiger partial charge is 0.258 e. The van der Waals surface area contributed by atoms with E-state index in [1.54, 1.807) is 28.8 Å². The predicted molar refractivity (Wildman–Crippen MR) is 95.7 cm³/mol. The summed E-state index contributed by atoms with van der Waals surface area (Å²) in [6.07, 6.45) is 0. The summed E-state index contributed by atoms with van der Waals surface area (Å²) in [5.41, 5.74) is 2.49. The lowest BCUT2D eigenvalue weighted by molar-refractivity contribution is 0.102. The van der Waals surface area contributed by atoms with Crippen molar-refractivity contribution >= 4 is 39.8 Å². The summed E-state index contributed by atoms with van der Waals surface area (Å²) in [5.74, 6) is 0.00478. The second-order valence-corrected chi connectivity index (χ2v) is 6.35. The van der Waals surface area contributed by atoms with Crippen molar-refractivity contribution in [1.29, 1.82) is 0 Å². The molecular formula is C17H11ClN4OS. The molecule has 2 heterocycles. The van der Waals surface area contributed by atoms with Gasteiger partial charge >= 0.3 is 0 Å². The van der Waals surface area contributed by atoms with Crippen molar-refractivity contribution in [3.63, 3.8) is 0 Å². The maximum atomic E-state index is 12.2. The number of aromatic nitrogens is 3. The first kappa shape index (κ1) is 14.9. The van der Waals surface area contributed by atoms with Crippen LogP contribution in [0.3, 0.4) is 0 Å². The lowest BCUT2D eigenvalue weighted by atomic mass is 10.2. The Morgan fingerprint density at radius 2 is 1.83 bits per heavy atom. The summed E-state index contributed by atoms with van der Waals surface area (Å²) >= 11 is 7.31. The minimum absolute atomic E-state index is 0.272. The molecule has 0 aliphatic rings. The molecule has 0 spiro atoms. The summed E-state index contributed by atoms with van der Waals surface area (Å²) in [6, 6.07) is 16.6. The van der Waals surface area contributed by atoms with Gasteiger partial charge in [-0.05, 0) is 24.3 Å². The maximum absolute atomic E-state index is 12.2. The second kappa shape index (κ2) is 6.07. The summed E-state index contributed by atoms with van der Waals surface area (Å²) < 4.78 is 1.73. The number of halogens is 1. The molecule has 24 heavy (non-hydrogen) atoms. The topological polar surface area (TPSA) is 59.3 Å². The van der Waals surface area contributed by atoms with Gasteiger partial charge in [0.25, 0.3) is 11.9 Å². The minimum atomic E-state index is -0.272. The van der Waals surface area contributed by atoms with Crippen LogP contribution in [0.15, 0.2) is 60.0 Å². The third-order valence-corrected chi connectivity index (χ3v) is 4.55. The van der Waals surface area contributed by atoms with Crippen LogP contribution in [0, 0.1) is 0 Å². The Kier molecular flexibility index (Phi) is 3.76. The normalized spacial score (nSPS) is 10.9. The van der Waals surface area contributed by atoms with Crippen LogP contribution in [0.2, 0.25) is 5.02 Å². The molecule has 0 aliphatic carbocycles. The van der Waals surface area contributed by atoms with Gasteiger partial charge in [-0.2, -0.15) is 4.98 Å². The van der Waals surface area contributed by atoms with E-state index in [4.69, 9.17) is 11.6 Å². The van der Waals surface area contributed by atoms with Gasteiger partial charge in [0, 0.05) is 21.5 Å². The monoisotopic (exact) mass is 354 g/mol. The van der Waals surface area contributed by atoms with Crippen molar-refractivity contribution in [2.24, 2.45) is 0 Å². The van der Waals surface area contributed by atoms with Gasteiger partial charge in [-0.25, -0.2) is 4.52 Å². The fourth-order valence-electron chi connectivity index (χ4n) is 2.32. The maximum Gasteiger partial charge on any atom is 0.258 e. The Morgan fingerprint density at radius 1 is 1.08 bits per heavy atom. The van der Waals surface area contributed by atoms with Gasteiger partial charge in [-0.3, -0.25) is 10.1 Å². The summed E-state index contributed by atoms with van der Waals surface area (Å²) in [5, 5.41) is 9.68. The van der Waals surface area contributed by atoms with E-state index in [-0.39, 0.29) is 11.9 Å². The number of amides is 1. The highest BCUT2D eigenvalue weighted by Gasteiger charge is 2.14. The molecule has 0 atom stereocenters.